The van der Waals surface area contributed by atoms with E-state index in [9.17, 15) is 4.79 Å². The van der Waals surface area contributed by atoms with Crippen LogP contribution in [0.4, 0.5) is 0 Å². The van der Waals surface area contributed by atoms with Gasteiger partial charge in [-0.1, -0.05) is 5.21 Å². The first-order valence-electron chi connectivity index (χ1n) is 6.38. The van der Waals surface area contributed by atoms with E-state index in [2.05, 4.69) is 41.5 Å². The van der Waals surface area contributed by atoms with Gasteiger partial charge in [0.2, 0.25) is 0 Å². The summed E-state index contributed by atoms with van der Waals surface area (Å²) < 4.78 is 0.859. The molecule has 0 spiro atoms. The van der Waals surface area contributed by atoms with Crippen molar-refractivity contribution in [2.75, 3.05) is 13.1 Å². The van der Waals surface area contributed by atoms with E-state index < -0.39 is 0 Å². The molecule has 1 amide bonds. The van der Waals surface area contributed by atoms with Gasteiger partial charge in [0, 0.05) is 29.7 Å². The summed E-state index contributed by atoms with van der Waals surface area (Å²) in [6.45, 7) is 1.35. The van der Waals surface area contributed by atoms with Crippen molar-refractivity contribution in [1.82, 2.24) is 30.5 Å². The number of rotatable bonds is 2. The van der Waals surface area contributed by atoms with E-state index in [1.807, 2.05) is 6.07 Å². The Morgan fingerprint density at radius 3 is 3.05 bits per heavy atom. The molecule has 0 aliphatic carbocycles. The van der Waals surface area contributed by atoms with Crippen LogP contribution in [0.5, 0.6) is 0 Å². The maximum absolute atomic E-state index is 12.4. The largest absolute Gasteiger partial charge is 0.337 e. The fraction of sp³-hybridized carbons (Fsp3) is 0.417. The molecule has 3 rings (SSSR count). The van der Waals surface area contributed by atoms with Crippen molar-refractivity contribution in [3.63, 3.8) is 0 Å². The second-order valence-electron chi connectivity index (χ2n) is 4.72. The lowest BCUT2D eigenvalue weighted by Gasteiger charge is -2.31. The van der Waals surface area contributed by atoms with Gasteiger partial charge in [0.25, 0.3) is 5.91 Å². The number of H-pyrrole nitrogens is 1. The Kier molecular flexibility index (Phi) is 3.72. The van der Waals surface area contributed by atoms with E-state index in [-0.39, 0.29) is 11.8 Å². The Hall–Kier alpha value is -1.83. The van der Waals surface area contributed by atoms with E-state index in [1.165, 1.54) is 0 Å². The number of aromatic nitrogens is 5. The number of hydrogen-bond donors (Lipinski definition) is 1. The van der Waals surface area contributed by atoms with Crippen LogP contribution in [0.2, 0.25) is 0 Å². The molecule has 7 nitrogen and oxygen atoms in total. The number of aromatic amines is 1. The summed E-state index contributed by atoms with van der Waals surface area (Å²) in [5.41, 5.74) is 0.460. The Morgan fingerprint density at radius 1 is 1.45 bits per heavy atom. The zero-order valence-electron chi connectivity index (χ0n) is 10.7. The van der Waals surface area contributed by atoms with Crippen LogP contribution in [-0.4, -0.2) is 49.5 Å². The summed E-state index contributed by atoms with van der Waals surface area (Å²) in [7, 11) is 0. The molecule has 0 aromatic carbocycles. The van der Waals surface area contributed by atoms with Crippen molar-refractivity contribution >= 4 is 21.8 Å². The third-order valence-electron chi connectivity index (χ3n) is 3.38. The van der Waals surface area contributed by atoms with Gasteiger partial charge < -0.3 is 4.90 Å². The first-order valence-corrected chi connectivity index (χ1v) is 7.17. The summed E-state index contributed by atoms with van der Waals surface area (Å²) in [4.78, 5) is 18.4. The molecule has 3 heterocycles. The average molecular weight is 337 g/mol. The highest BCUT2D eigenvalue weighted by molar-refractivity contribution is 9.10. The van der Waals surface area contributed by atoms with E-state index in [4.69, 9.17) is 0 Å². The fourth-order valence-corrected chi connectivity index (χ4v) is 2.61. The highest BCUT2D eigenvalue weighted by Gasteiger charge is 2.28. The van der Waals surface area contributed by atoms with E-state index in [0.29, 0.717) is 18.1 Å². The lowest BCUT2D eigenvalue weighted by Crippen LogP contribution is -2.39. The Labute approximate surface area is 123 Å². The summed E-state index contributed by atoms with van der Waals surface area (Å²) in [6, 6.07) is 3.55. The number of carbonyl (C=O) groups is 1. The highest BCUT2D eigenvalue weighted by Crippen LogP contribution is 2.24. The minimum atomic E-state index is -0.0503. The van der Waals surface area contributed by atoms with Crippen molar-refractivity contribution in [2.24, 2.45) is 0 Å². The van der Waals surface area contributed by atoms with Gasteiger partial charge >= 0.3 is 0 Å². The summed E-state index contributed by atoms with van der Waals surface area (Å²) in [5, 5.41) is 14.1. The maximum atomic E-state index is 12.4. The van der Waals surface area contributed by atoms with Gasteiger partial charge in [-0.25, -0.2) is 4.98 Å². The molecule has 2 aromatic heterocycles. The van der Waals surface area contributed by atoms with Gasteiger partial charge in [-0.15, -0.1) is 10.2 Å². The molecule has 1 aliphatic rings. The smallest absolute Gasteiger partial charge is 0.272 e. The van der Waals surface area contributed by atoms with Crippen molar-refractivity contribution in [1.29, 1.82) is 0 Å². The van der Waals surface area contributed by atoms with E-state index >= 15 is 0 Å². The van der Waals surface area contributed by atoms with Gasteiger partial charge in [0.15, 0.2) is 5.82 Å². The molecule has 1 N–H and O–H groups in total. The Morgan fingerprint density at radius 2 is 2.35 bits per heavy atom. The second-order valence-corrected chi connectivity index (χ2v) is 5.64. The van der Waals surface area contributed by atoms with Crippen LogP contribution in [0, 0.1) is 0 Å². The lowest BCUT2D eigenvalue weighted by molar-refractivity contribution is 0.0698. The number of hydrogen-bond acceptors (Lipinski definition) is 5. The Balaban J connectivity index is 1.73. The number of nitrogens with one attached hydrogen (secondary N) is 1. The van der Waals surface area contributed by atoms with Crippen molar-refractivity contribution in [3.8, 4) is 0 Å². The molecule has 0 saturated carbocycles. The molecule has 0 bridgehead atoms. The van der Waals surface area contributed by atoms with Crippen LogP contribution < -0.4 is 0 Å². The predicted octanol–water partition coefficient (Wildman–Crippen LogP) is 1.38. The third kappa shape index (κ3) is 2.69. The van der Waals surface area contributed by atoms with Crippen molar-refractivity contribution in [2.45, 2.75) is 18.8 Å². The molecule has 1 unspecified atom stereocenters. The normalized spacial score (nSPS) is 19.1. The lowest BCUT2D eigenvalue weighted by atomic mass is 9.97. The first kappa shape index (κ1) is 13.2. The van der Waals surface area contributed by atoms with Gasteiger partial charge in [-0.3, -0.25) is 4.79 Å². The van der Waals surface area contributed by atoms with Gasteiger partial charge in [-0.05, 0) is 40.9 Å². The fourth-order valence-electron chi connectivity index (χ4n) is 2.38. The minimum absolute atomic E-state index is 0.0503. The number of carbonyl (C=O) groups excluding carboxylic acids is 1. The molecular formula is C12H13BrN6O. The van der Waals surface area contributed by atoms with Crippen LogP contribution in [0.1, 0.15) is 35.1 Å². The van der Waals surface area contributed by atoms with Crippen LogP contribution in [0.25, 0.3) is 0 Å². The number of amides is 1. The molecule has 1 aliphatic heterocycles. The SMILES string of the molecule is O=C(c1ccc(Br)cn1)N1CCCC(c2nn[nH]n2)C1. The zero-order valence-corrected chi connectivity index (χ0v) is 12.2. The quantitative estimate of drug-likeness (QED) is 0.894. The predicted molar refractivity (Wildman–Crippen MR) is 74.0 cm³/mol. The van der Waals surface area contributed by atoms with Crippen LogP contribution in [-0.2, 0) is 0 Å². The van der Waals surface area contributed by atoms with Gasteiger partial charge in [0.1, 0.15) is 5.69 Å². The third-order valence-corrected chi connectivity index (χ3v) is 3.85. The molecule has 20 heavy (non-hydrogen) atoms. The minimum Gasteiger partial charge on any atom is -0.337 e. The number of halogens is 1. The van der Waals surface area contributed by atoms with Crippen LogP contribution in [0.15, 0.2) is 22.8 Å². The zero-order chi connectivity index (χ0) is 13.9. The standard InChI is InChI=1S/C12H13BrN6O/c13-9-3-4-10(14-6-9)12(20)19-5-1-2-8(7-19)11-15-17-18-16-11/h3-4,6,8H,1-2,5,7H2,(H,15,16,17,18). The second kappa shape index (κ2) is 5.66. The molecule has 0 radical (unpaired) electrons. The first-order chi connectivity index (χ1) is 9.74. The Bertz CT molecular complexity index is 585. The molecule has 8 heteroatoms. The summed E-state index contributed by atoms with van der Waals surface area (Å²) >= 11 is 3.31. The molecule has 2 aromatic rings. The topological polar surface area (TPSA) is 87.7 Å². The van der Waals surface area contributed by atoms with Gasteiger partial charge in [-0.2, -0.15) is 5.21 Å². The molecule has 104 valence electrons. The van der Waals surface area contributed by atoms with Crippen LogP contribution >= 0.6 is 15.9 Å². The molecule has 1 fully saturated rings. The summed E-state index contributed by atoms with van der Waals surface area (Å²) in [6.07, 6.45) is 3.53. The maximum Gasteiger partial charge on any atom is 0.272 e. The number of nitrogens with zero attached hydrogens (tertiary/aromatic N) is 5. The summed E-state index contributed by atoms with van der Waals surface area (Å²) in [5.74, 6) is 0.763. The van der Waals surface area contributed by atoms with Crippen LogP contribution in [0.3, 0.4) is 0 Å². The van der Waals surface area contributed by atoms with Crippen molar-refractivity contribution < 1.29 is 4.79 Å². The molecule has 1 saturated heterocycles. The number of pyridine rings is 1. The number of tetrazole rings is 1. The average Bonchev–Trinajstić information content (AvgIpc) is 3.02. The van der Waals surface area contributed by atoms with Crippen molar-refractivity contribution in [3.05, 3.63) is 34.3 Å². The van der Waals surface area contributed by atoms with Gasteiger partial charge in [0.05, 0.1) is 0 Å². The molecular weight excluding hydrogens is 324 g/mol. The monoisotopic (exact) mass is 336 g/mol. The number of piperidine rings is 1. The highest BCUT2D eigenvalue weighted by atomic mass is 79.9. The molecule has 1 atom stereocenters. The van der Waals surface area contributed by atoms with E-state index in [0.717, 1.165) is 23.9 Å². The van der Waals surface area contributed by atoms with E-state index in [1.54, 1.807) is 17.2 Å². The number of likely N-dealkylation sites (tertiary alicyclic amines) is 1.